The lowest BCUT2D eigenvalue weighted by molar-refractivity contribution is -0.137. The van der Waals surface area contributed by atoms with Gasteiger partial charge in [-0.2, -0.15) is 13.2 Å². The first-order valence-electron chi connectivity index (χ1n) is 8.65. The number of benzene rings is 1. The molecule has 1 amide bonds. The summed E-state index contributed by atoms with van der Waals surface area (Å²) in [5.41, 5.74) is -0.706. The Hall–Kier alpha value is -1.98. The average Bonchev–Trinajstić information content (AvgIpc) is 3.14. The molecule has 3 rings (SSSR count). The van der Waals surface area contributed by atoms with Crippen LogP contribution in [0.15, 0.2) is 39.1 Å². The molecule has 29 heavy (non-hydrogen) atoms. The highest BCUT2D eigenvalue weighted by atomic mass is 32.2. The summed E-state index contributed by atoms with van der Waals surface area (Å²) in [5.74, 6) is -0.0310. The van der Waals surface area contributed by atoms with Crippen LogP contribution in [0.1, 0.15) is 11.3 Å². The molecule has 0 radical (unpaired) electrons. The van der Waals surface area contributed by atoms with Gasteiger partial charge in [-0.1, -0.05) is 23.9 Å². The van der Waals surface area contributed by atoms with Gasteiger partial charge < -0.3 is 10.1 Å². The van der Waals surface area contributed by atoms with E-state index in [-0.39, 0.29) is 23.5 Å². The van der Waals surface area contributed by atoms with Crippen LogP contribution < -0.4 is 10.9 Å². The number of halogens is 3. The quantitative estimate of drug-likeness (QED) is 0.521. The van der Waals surface area contributed by atoms with Crippen LogP contribution in [0.3, 0.4) is 0 Å². The number of aromatic nitrogens is 2. The van der Waals surface area contributed by atoms with Crippen molar-refractivity contribution in [3.8, 4) is 0 Å². The number of ether oxygens (including phenoxy) is 1. The third-order valence-electron chi connectivity index (χ3n) is 4.11. The summed E-state index contributed by atoms with van der Waals surface area (Å²) < 4.78 is 45.7. The summed E-state index contributed by atoms with van der Waals surface area (Å²) in [6.07, 6.45) is -3.91. The molecule has 2 heterocycles. The smallest absolute Gasteiger partial charge is 0.383 e. The zero-order valence-corrected chi connectivity index (χ0v) is 17.0. The van der Waals surface area contributed by atoms with Crippen LogP contribution in [0, 0.1) is 0 Å². The molecule has 1 aromatic heterocycles. The van der Waals surface area contributed by atoms with Gasteiger partial charge in [0.2, 0.25) is 5.91 Å². The van der Waals surface area contributed by atoms with Gasteiger partial charge in [-0.15, -0.1) is 11.8 Å². The summed E-state index contributed by atoms with van der Waals surface area (Å²) in [5, 5.41) is 2.65. The van der Waals surface area contributed by atoms with Gasteiger partial charge in [0.1, 0.15) is 0 Å². The fourth-order valence-electron chi connectivity index (χ4n) is 2.77. The maximum atomic E-state index is 13.1. The summed E-state index contributed by atoms with van der Waals surface area (Å²) in [7, 11) is 1.51. The maximum Gasteiger partial charge on any atom is 0.418 e. The first-order chi connectivity index (χ1) is 13.8. The number of methoxy groups -OCH3 is 1. The number of thioether (sulfide) groups is 2. The number of hydrogen-bond acceptors (Lipinski definition) is 6. The third kappa shape index (κ3) is 5.14. The average molecular weight is 445 g/mol. The van der Waals surface area contributed by atoms with E-state index in [0.717, 1.165) is 23.6 Å². The molecule has 156 valence electrons. The molecule has 0 aliphatic carbocycles. The number of para-hydroxylation sites is 1. The van der Waals surface area contributed by atoms with Crippen LogP contribution in [0.4, 0.5) is 18.9 Å². The van der Waals surface area contributed by atoms with E-state index < -0.39 is 17.6 Å². The van der Waals surface area contributed by atoms with Crippen molar-refractivity contribution in [2.24, 2.45) is 0 Å². The van der Waals surface area contributed by atoms with Gasteiger partial charge in [0, 0.05) is 19.3 Å². The van der Waals surface area contributed by atoms with Gasteiger partial charge in [-0.25, -0.2) is 4.98 Å². The molecule has 0 unspecified atom stereocenters. The molecule has 1 aliphatic heterocycles. The highest BCUT2D eigenvalue weighted by Crippen LogP contribution is 2.34. The van der Waals surface area contributed by atoms with Crippen molar-refractivity contribution in [3.05, 3.63) is 45.9 Å². The Morgan fingerprint density at radius 2 is 2.14 bits per heavy atom. The van der Waals surface area contributed by atoms with E-state index >= 15 is 0 Å². The molecular weight excluding hydrogens is 427 g/mol. The molecule has 6 nitrogen and oxygen atoms in total. The number of rotatable bonds is 7. The van der Waals surface area contributed by atoms with Crippen LogP contribution in [0.2, 0.25) is 0 Å². The van der Waals surface area contributed by atoms with Gasteiger partial charge >= 0.3 is 6.18 Å². The minimum atomic E-state index is -4.57. The number of aryl methyl sites for hydroxylation is 1. The second-order valence-corrected chi connectivity index (χ2v) is 8.15. The lowest BCUT2D eigenvalue weighted by Gasteiger charge is -2.15. The zero-order chi connectivity index (χ0) is 21.0. The van der Waals surface area contributed by atoms with Gasteiger partial charge in [-0.05, 0) is 12.1 Å². The minimum Gasteiger partial charge on any atom is -0.383 e. The number of anilines is 1. The van der Waals surface area contributed by atoms with Crippen LogP contribution >= 0.6 is 23.5 Å². The number of fused-ring (bicyclic) bond motifs is 1. The Kier molecular flexibility index (Phi) is 6.91. The van der Waals surface area contributed by atoms with E-state index in [1.165, 1.54) is 41.6 Å². The molecule has 11 heteroatoms. The molecule has 1 N–H and O–H groups in total. The van der Waals surface area contributed by atoms with Crippen molar-refractivity contribution in [2.75, 3.05) is 30.5 Å². The van der Waals surface area contributed by atoms with Gasteiger partial charge in [0.05, 0.1) is 40.7 Å². The summed E-state index contributed by atoms with van der Waals surface area (Å²) >= 11 is 2.46. The number of alkyl halides is 3. The van der Waals surface area contributed by atoms with Crippen LogP contribution in [-0.2, 0) is 28.7 Å². The minimum absolute atomic E-state index is 0.181. The van der Waals surface area contributed by atoms with E-state index in [1.807, 2.05) is 0 Å². The Bertz CT molecular complexity index is 964. The lowest BCUT2D eigenvalue weighted by Crippen LogP contribution is -2.27. The van der Waals surface area contributed by atoms with E-state index in [2.05, 4.69) is 10.3 Å². The molecule has 1 aromatic carbocycles. The number of nitrogens with zero attached hydrogens (tertiary/aromatic N) is 2. The highest BCUT2D eigenvalue weighted by molar-refractivity contribution is 8.00. The van der Waals surface area contributed by atoms with E-state index in [4.69, 9.17) is 4.74 Å². The summed E-state index contributed by atoms with van der Waals surface area (Å²) in [6.45, 7) is 0.570. The molecule has 0 saturated carbocycles. The topological polar surface area (TPSA) is 73.2 Å². The number of hydrogen-bond donors (Lipinski definition) is 1. The molecule has 2 aromatic rings. The van der Waals surface area contributed by atoms with Crippen molar-refractivity contribution >= 4 is 35.1 Å². The zero-order valence-electron chi connectivity index (χ0n) is 15.4. The number of nitrogens with one attached hydrogen (secondary N) is 1. The number of carbonyl (C=O) groups excluding carboxylic acids is 1. The van der Waals surface area contributed by atoms with Crippen LogP contribution in [0.5, 0.6) is 0 Å². The second kappa shape index (κ2) is 9.23. The van der Waals surface area contributed by atoms with E-state index in [9.17, 15) is 22.8 Å². The molecular formula is C18H18F3N3O3S2. The van der Waals surface area contributed by atoms with Crippen LogP contribution in [-0.4, -0.2) is 40.7 Å². The van der Waals surface area contributed by atoms with Gasteiger partial charge in [0.15, 0.2) is 5.16 Å². The van der Waals surface area contributed by atoms with Crippen molar-refractivity contribution in [2.45, 2.75) is 29.2 Å². The Morgan fingerprint density at radius 1 is 1.38 bits per heavy atom. The fourth-order valence-corrected chi connectivity index (χ4v) is 4.65. The highest BCUT2D eigenvalue weighted by Gasteiger charge is 2.33. The van der Waals surface area contributed by atoms with Crippen molar-refractivity contribution in [1.82, 2.24) is 9.55 Å². The monoisotopic (exact) mass is 445 g/mol. The van der Waals surface area contributed by atoms with Gasteiger partial charge in [-0.3, -0.25) is 14.2 Å². The maximum absolute atomic E-state index is 13.1. The summed E-state index contributed by atoms with van der Waals surface area (Å²) in [4.78, 5) is 30.0. The number of carbonyl (C=O) groups is 1. The largest absolute Gasteiger partial charge is 0.418 e. The Labute approximate surface area is 173 Å². The molecule has 1 aliphatic rings. The second-order valence-electron chi connectivity index (χ2n) is 6.10. The fraction of sp³-hybridized carbons (Fsp3) is 0.389. The van der Waals surface area contributed by atoms with Crippen LogP contribution in [0.25, 0.3) is 0 Å². The SMILES string of the molecule is COCCn1c(SCC(=O)Nc2ccccc2C(F)(F)F)nc2c(c1=O)SCC2. The van der Waals surface area contributed by atoms with Crippen molar-refractivity contribution in [1.29, 1.82) is 0 Å². The van der Waals surface area contributed by atoms with E-state index in [1.54, 1.807) is 0 Å². The molecule has 0 bridgehead atoms. The summed E-state index contributed by atoms with van der Waals surface area (Å²) in [6, 6.07) is 4.78. The Balaban J connectivity index is 1.76. The third-order valence-corrected chi connectivity index (χ3v) is 6.19. The predicted octanol–water partition coefficient (Wildman–Crippen LogP) is 3.29. The van der Waals surface area contributed by atoms with Crippen molar-refractivity contribution in [3.63, 3.8) is 0 Å². The first kappa shape index (κ1) is 21.7. The first-order valence-corrected chi connectivity index (χ1v) is 10.6. The molecule has 0 fully saturated rings. The van der Waals surface area contributed by atoms with E-state index in [0.29, 0.717) is 28.8 Å². The van der Waals surface area contributed by atoms with Crippen molar-refractivity contribution < 1.29 is 22.7 Å². The normalized spacial score (nSPS) is 13.4. The predicted molar refractivity (Wildman–Crippen MR) is 106 cm³/mol. The number of amides is 1. The molecule has 0 atom stereocenters. The lowest BCUT2D eigenvalue weighted by atomic mass is 10.1. The van der Waals surface area contributed by atoms with Gasteiger partial charge in [0.25, 0.3) is 5.56 Å². The molecule has 0 saturated heterocycles. The Morgan fingerprint density at radius 3 is 2.86 bits per heavy atom. The standard InChI is InChI=1S/C18H18F3N3O3S2/c1-27-8-7-24-16(26)15-13(6-9-28-15)23-17(24)29-10-14(25)22-12-5-3-2-4-11(12)18(19,20)21/h2-5H,6-10H2,1H3,(H,22,25). The molecule has 0 spiro atoms.